The number of hydrazine groups is 1. The van der Waals surface area contributed by atoms with Crippen LogP contribution in [0.15, 0.2) is 30.3 Å². The molecule has 0 bridgehead atoms. The molecule has 0 aliphatic carbocycles. The van der Waals surface area contributed by atoms with E-state index in [0.717, 1.165) is 23.7 Å². The first kappa shape index (κ1) is 7.73. The molecule has 1 unspecified atom stereocenters. The molecule has 0 radical (unpaired) electrons. The van der Waals surface area contributed by atoms with Crippen molar-refractivity contribution < 1.29 is 0 Å². The quantitative estimate of drug-likeness (QED) is 0.680. The predicted molar refractivity (Wildman–Crippen MR) is 47.0 cm³/mol. The molecule has 1 atom stereocenters. The summed E-state index contributed by atoms with van der Waals surface area (Å²) in [5.41, 5.74) is 3.84. The average molecular weight is 163 g/mol. The van der Waals surface area contributed by atoms with Gasteiger partial charge in [0.25, 0.3) is 0 Å². The van der Waals surface area contributed by atoms with E-state index >= 15 is 0 Å². The van der Waals surface area contributed by atoms with Crippen LogP contribution >= 0.6 is 0 Å². The summed E-state index contributed by atoms with van der Waals surface area (Å²) < 4.78 is 0. The molecule has 1 heterocycles. The molecule has 0 spiro atoms. The number of nitrogens with zero attached hydrogens (tertiary/aromatic N) is 1. The number of hydrogen-bond acceptors (Lipinski definition) is 3. The lowest BCUT2D eigenvalue weighted by Crippen LogP contribution is -2.26. The number of hydroxylamine groups is 1. The smallest absolute Gasteiger partial charge is 0.0370 e. The first-order chi connectivity index (χ1) is 5.88. The molecule has 1 aromatic carbocycles. The highest BCUT2D eigenvalue weighted by Gasteiger charge is 2.17. The van der Waals surface area contributed by atoms with E-state index < -0.39 is 0 Å². The fraction of sp³-hybridized carbons (Fsp3) is 0.333. The molecule has 1 aliphatic rings. The van der Waals surface area contributed by atoms with Gasteiger partial charge in [0.05, 0.1) is 0 Å². The number of hydrogen-bond donors (Lipinski definition) is 1. The highest BCUT2D eigenvalue weighted by atomic mass is 16.5. The minimum absolute atomic E-state index is 0.00574. The summed E-state index contributed by atoms with van der Waals surface area (Å²) in [6.07, 6.45) is 0.896. The fourth-order valence-electron chi connectivity index (χ4n) is 1.52. The summed E-state index contributed by atoms with van der Waals surface area (Å²) in [4.78, 5) is 0. The molecule has 1 aromatic rings. The molecule has 12 heavy (non-hydrogen) atoms. The third-order valence-electron chi connectivity index (χ3n) is 2.15. The highest BCUT2D eigenvalue weighted by molar-refractivity contribution is 5.19. The minimum atomic E-state index is 0.00574. The summed E-state index contributed by atoms with van der Waals surface area (Å²) in [7, 11) is 0. The molecule has 3 heteroatoms. The monoisotopic (exact) mass is 163 g/mol. The maximum Gasteiger partial charge on any atom is 0.0370 e. The van der Waals surface area contributed by atoms with Gasteiger partial charge in [-0.1, -0.05) is 30.3 Å². The van der Waals surface area contributed by atoms with E-state index in [1.807, 2.05) is 30.3 Å². The SMILES string of the molecule is [O-]N1NCCC1c1ccccc1. The van der Waals surface area contributed by atoms with E-state index in [1.54, 1.807) is 0 Å². The minimum Gasteiger partial charge on any atom is -0.771 e. The van der Waals surface area contributed by atoms with Crippen molar-refractivity contribution in [3.63, 3.8) is 0 Å². The van der Waals surface area contributed by atoms with E-state index in [0.29, 0.717) is 0 Å². The van der Waals surface area contributed by atoms with Crippen molar-refractivity contribution in [2.75, 3.05) is 6.54 Å². The van der Waals surface area contributed by atoms with Crippen molar-refractivity contribution in [3.05, 3.63) is 41.1 Å². The molecular formula is C9H11N2O-. The van der Waals surface area contributed by atoms with Gasteiger partial charge in [0.2, 0.25) is 0 Å². The van der Waals surface area contributed by atoms with Gasteiger partial charge < -0.3 is 10.4 Å². The van der Waals surface area contributed by atoms with Gasteiger partial charge in [-0.15, -0.1) is 0 Å². The van der Waals surface area contributed by atoms with Crippen molar-refractivity contribution in [1.82, 2.24) is 10.6 Å². The van der Waals surface area contributed by atoms with Crippen molar-refractivity contribution in [3.8, 4) is 0 Å². The third kappa shape index (κ3) is 1.34. The van der Waals surface area contributed by atoms with E-state index in [4.69, 9.17) is 0 Å². The summed E-state index contributed by atoms with van der Waals surface area (Å²) in [6.45, 7) is 0.781. The number of benzene rings is 1. The van der Waals surface area contributed by atoms with Gasteiger partial charge in [-0.2, -0.15) is 0 Å². The van der Waals surface area contributed by atoms with Crippen LogP contribution in [-0.2, 0) is 0 Å². The summed E-state index contributed by atoms with van der Waals surface area (Å²) in [6, 6.07) is 9.86. The van der Waals surface area contributed by atoms with Crippen LogP contribution in [0, 0.1) is 5.21 Å². The van der Waals surface area contributed by atoms with Gasteiger partial charge in [-0.05, 0) is 12.0 Å². The molecule has 1 aliphatic heterocycles. The molecular weight excluding hydrogens is 152 g/mol. The molecule has 64 valence electrons. The lowest BCUT2D eigenvalue weighted by Gasteiger charge is -2.29. The summed E-state index contributed by atoms with van der Waals surface area (Å²) in [5.74, 6) is 0. The van der Waals surface area contributed by atoms with Crippen molar-refractivity contribution in [2.45, 2.75) is 12.5 Å². The van der Waals surface area contributed by atoms with E-state index in [1.165, 1.54) is 0 Å². The Labute approximate surface area is 71.5 Å². The Bertz CT molecular complexity index is 250. The second-order valence-electron chi connectivity index (χ2n) is 2.95. The van der Waals surface area contributed by atoms with Crippen molar-refractivity contribution >= 4 is 0 Å². The first-order valence-electron chi connectivity index (χ1n) is 4.13. The van der Waals surface area contributed by atoms with E-state index in [2.05, 4.69) is 5.43 Å². The van der Waals surface area contributed by atoms with Crippen molar-refractivity contribution in [1.29, 1.82) is 0 Å². The Balaban J connectivity index is 2.19. The zero-order valence-corrected chi connectivity index (χ0v) is 6.73. The zero-order valence-electron chi connectivity index (χ0n) is 6.73. The van der Waals surface area contributed by atoms with Gasteiger partial charge in [-0.25, -0.2) is 0 Å². The molecule has 1 fully saturated rings. The normalized spacial score (nSPS) is 24.6. The second-order valence-corrected chi connectivity index (χ2v) is 2.95. The molecule has 1 N–H and O–H groups in total. The second kappa shape index (κ2) is 3.23. The van der Waals surface area contributed by atoms with Gasteiger partial charge in [0, 0.05) is 12.6 Å². The largest absolute Gasteiger partial charge is 0.771 e. The van der Waals surface area contributed by atoms with Crippen LogP contribution in [0.25, 0.3) is 0 Å². The van der Waals surface area contributed by atoms with Gasteiger partial charge in [0.15, 0.2) is 0 Å². The number of rotatable bonds is 1. The van der Waals surface area contributed by atoms with E-state index in [9.17, 15) is 5.21 Å². The Morgan fingerprint density at radius 1 is 1.33 bits per heavy atom. The Kier molecular flexibility index (Phi) is 2.08. The topological polar surface area (TPSA) is 38.3 Å². The summed E-state index contributed by atoms with van der Waals surface area (Å²) >= 11 is 0. The lowest BCUT2D eigenvalue weighted by atomic mass is 10.1. The molecule has 2 rings (SSSR count). The molecule has 0 aromatic heterocycles. The standard InChI is InChI=1S/C9H11N2O/c12-11-9(6-7-10-11)8-4-2-1-3-5-8/h1-5,9-10H,6-7H2/q-1. The summed E-state index contributed by atoms with van der Waals surface area (Å²) in [5, 5.41) is 12.1. The maximum absolute atomic E-state index is 11.2. The van der Waals surface area contributed by atoms with Gasteiger partial charge in [0.1, 0.15) is 0 Å². The van der Waals surface area contributed by atoms with Crippen LogP contribution in [-0.4, -0.2) is 11.7 Å². The lowest BCUT2D eigenvalue weighted by molar-refractivity contribution is 0.280. The zero-order chi connectivity index (χ0) is 8.39. The van der Waals surface area contributed by atoms with E-state index in [-0.39, 0.29) is 6.04 Å². The predicted octanol–water partition coefficient (Wildman–Crippen LogP) is 1.44. The third-order valence-corrected chi connectivity index (χ3v) is 2.15. The van der Waals surface area contributed by atoms with Crippen LogP contribution in [0.5, 0.6) is 0 Å². The van der Waals surface area contributed by atoms with Gasteiger partial charge >= 0.3 is 0 Å². The van der Waals surface area contributed by atoms with Gasteiger partial charge in [-0.3, -0.25) is 5.43 Å². The van der Waals surface area contributed by atoms with Crippen LogP contribution in [0.1, 0.15) is 18.0 Å². The molecule has 1 saturated heterocycles. The fourth-order valence-corrected chi connectivity index (χ4v) is 1.52. The average Bonchev–Trinajstić information content (AvgIpc) is 2.53. The van der Waals surface area contributed by atoms with Crippen molar-refractivity contribution in [2.24, 2.45) is 0 Å². The molecule has 0 saturated carbocycles. The van der Waals surface area contributed by atoms with Crippen LogP contribution in [0.4, 0.5) is 0 Å². The molecule has 0 amide bonds. The van der Waals surface area contributed by atoms with Crippen LogP contribution < -0.4 is 5.43 Å². The van der Waals surface area contributed by atoms with Crippen LogP contribution in [0.3, 0.4) is 0 Å². The highest BCUT2D eigenvalue weighted by Crippen LogP contribution is 2.24. The first-order valence-corrected chi connectivity index (χ1v) is 4.13. The Morgan fingerprint density at radius 2 is 2.08 bits per heavy atom. The number of nitrogens with one attached hydrogen (secondary N) is 1. The molecule has 3 nitrogen and oxygen atoms in total. The Morgan fingerprint density at radius 3 is 2.67 bits per heavy atom. The maximum atomic E-state index is 11.2. The Hall–Kier alpha value is -0.900. The van der Waals surface area contributed by atoms with Crippen LogP contribution in [0.2, 0.25) is 0 Å².